The molecule has 2 aromatic rings. The average Bonchev–Trinajstić information content (AvgIpc) is 2.83. The van der Waals surface area contributed by atoms with Crippen LogP contribution in [0.25, 0.3) is 0 Å². The summed E-state index contributed by atoms with van der Waals surface area (Å²) in [4.78, 5) is 14.7. The summed E-state index contributed by atoms with van der Waals surface area (Å²) in [7, 11) is -3.74. The van der Waals surface area contributed by atoms with Crippen LogP contribution in [0.2, 0.25) is 0 Å². The molecule has 0 saturated carbocycles. The molecule has 2 rings (SSSR count). The number of carboxylic acids is 1. The van der Waals surface area contributed by atoms with Crippen molar-refractivity contribution in [1.82, 2.24) is 9.71 Å². The number of pyridine rings is 1. The Bertz CT molecular complexity index is 744. The lowest BCUT2D eigenvalue weighted by Crippen LogP contribution is -2.26. The van der Waals surface area contributed by atoms with E-state index in [9.17, 15) is 13.2 Å². The maximum absolute atomic E-state index is 12.1. The standard InChI is InChI=1S/C12H11BrN2O4S2/c13-11-10(6-9(20-11)12(16)17)21(18,19)15-5-3-8-2-1-4-14-7-8/h1-2,4,6-7,15H,3,5H2,(H,16,17). The van der Waals surface area contributed by atoms with Crippen LogP contribution >= 0.6 is 27.3 Å². The number of carbonyl (C=O) groups is 1. The molecule has 0 fully saturated rings. The van der Waals surface area contributed by atoms with Crippen LogP contribution in [0.15, 0.2) is 39.3 Å². The number of nitrogens with one attached hydrogen (secondary N) is 1. The van der Waals surface area contributed by atoms with E-state index in [1.807, 2.05) is 6.07 Å². The van der Waals surface area contributed by atoms with Gasteiger partial charge in [-0.2, -0.15) is 0 Å². The highest BCUT2D eigenvalue weighted by atomic mass is 79.9. The number of carboxylic acid groups (broad SMARTS) is 1. The van der Waals surface area contributed by atoms with Crippen molar-refractivity contribution in [3.8, 4) is 0 Å². The van der Waals surface area contributed by atoms with Gasteiger partial charge in [-0.1, -0.05) is 6.07 Å². The zero-order valence-electron chi connectivity index (χ0n) is 10.6. The van der Waals surface area contributed by atoms with Gasteiger partial charge in [0.05, 0.1) is 3.79 Å². The van der Waals surface area contributed by atoms with Crippen LogP contribution in [0.3, 0.4) is 0 Å². The lowest BCUT2D eigenvalue weighted by atomic mass is 10.2. The Kier molecular flexibility index (Phi) is 5.09. The Morgan fingerprint density at radius 1 is 1.48 bits per heavy atom. The second-order valence-electron chi connectivity index (χ2n) is 4.06. The number of halogens is 1. The van der Waals surface area contributed by atoms with Crippen LogP contribution in [0.1, 0.15) is 15.2 Å². The molecule has 0 atom stereocenters. The first-order valence-corrected chi connectivity index (χ1v) is 8.90. The highest BCUT2D eigenvalue weighted by Crippen LogP contribution is 2.31. The third kappa shape index (κ3) is 4.10. The Labute approximate surface area is 134 Å². The number of thiophene rings is 1. The highest BCUT2D eigenvalue weighted by Gasteiger charge is 2.22. The SMILES string of the molecule is O=C(O)c1cc(S(=O)(=O)NCCc2cccnc2)c(Br)s1. The Morgan fingerprint density at radius 3 is 2.81 bits per heavy atom. The minimum Gasteiger partial charge on any atom is -0.477 e. The van der Waals surface area contributed by atoms with Crippen molar-refractivity contribution in [1.29, 1.82) is 0 Å². The lowest BCUT2D eigenvalue weighted by Gasteiger charge is -2.05. The van der Waals surface area contributed by atoms with Gasteiger partial charge < -0.3 is 5.11 Å². The van der Waals surface area contributed by atoms with Gasteiger partial charge in [0.2, 0.25) is 10.0 Å². The maximum Gasteiger partial charge on any atom is 0.345 e. The molecule has 0 amide bonds. The molecule has 0 aliphatic heterocycles. The fourth-order valence-corrected chi connectivity index (χ4v) is 5.03. The first kappa shape index (κ1) is 16.1. The molecule has 2 aromatic heterocycles. The quantitative estimate of drug-likeness (QED) is 0.787. The van der Waals surface area contributed by atoms with Crippen molar-refractivity contribution >= 4 is 43.3 Å². The predicted molar refractivity (Wildman–Crippen MR) is 82.1 cm³/mol. The molecule has 112 valence electrons. The summed E-state index contributed by atoms with van der Waals surface area (Å²) in [6, 6.07) is 4.77. The third-order valence-electron chi connectivity index (χ3n) is 2.58. The average molecular weight is 391 g/mol. The van der Waals surface area contributed by atoms with Crippen LogP contribution in [-0.4, -0.2) is 31.0 Å². The maximum atomic E-state index is 12.1. The van der Waals surface area contributed by atoms with Crippen LogP contribution in [0.4, 0.5) is 0 Å². The van der Waals surface area contributed by atoms with Gasteiger partial charge in [0.25, 0.3) is 0 Å². The van der Waals surface area contributed by atoms with E-state index in [0.29, 0.717) is 6.42 Å². The van der Waals surface area contributed by atoms with Crippen molar-refractivity contribution in [2.45, 2.75) is 11.3 Å². The topological polar surface area (TPSA) is 96.4 Å². The summed E-state index contributed by atoms with van der Waals surface area (Å²) in [6.07, 6.45) is 3.81. The summed E-state index contributed by atoms with van der Waals surface area (Å²) in [5.74, 6) is -1.16. The number of hydrogen-bond donors (Lipinski definition) is 2. The molecule has 2 N–H and O–H groups in total. The Morgan fingerprint density at radius 2 is 2.24 bits per heavy atom. The van der Waals surface area contributed by atoms with E-state index in [-0.39, 0.29) is 20.1 Å². The first-order chi connectivity index (χ1) is 9.90. The molecule has 0 aromatic carbocycles. The highest BCUT2D eigenvalue weighted by molar-refractivity contribution is 9.11. The summed E-state index contributed by atoms with van der Waals surface area (Å²) >= 11 is 3.95. The van der Waals surface area contributed by atoms with Gasteiger partial charge in [-0.3, -0.25) is 4.98 Å². The molecule has 9 heteroatoms. The number of hydrogen-bond acceptors (Lipinski definition) is 5. The lowest BCUT2D eigenvalue weighted by molar-refractivity contribution is 0.0702. The second kappa shape index (κ2) is 6.65. The molecule has 2 heterocycles. The van der Waals surface area contributed by atoms with Gasteiger partial charge in [-0.25, -0.2) is 17.9 Å². The molecule has 0 bridgehead atoms. The molecular weight excluding hydrogens is 380 g/mol. The van der Waals surface area contributed by atoms with E-state index in [0.717, 1.165) is 23.0 Å². The summed E-state index contributed by atoms with van der Waals surface area (Å²) in [6.45, 7) is 0.207. The minimum absolute atomic E-state index is 0.0329. The summed E-state index contributed by atoms with van der Waals surface area (Å²) in [5.41, 5.74) is 0.913. The molecule has 0 radical (unpaired) electrons. The normalized spacial score (nSPS) is 11.5. The van der Waals surface area contributed by atoms with E-state index in [4.69, 9.17) is 5.11 Å². The molecule has 0 aliphatic rings. The molecule has 21 heavy (non-hydrogen) atoms. The van der Waals surface area contributed by atoms with E-state index in [1.54, 1.807) is 18.5 Å². The van der Waals surface area contributed by atoms with Crippen LogP contribution in [0.5, 0.6) is 0 Å². The zero-order valence-corrected chi connectivity index (χ0v) is 13.8. The number of nitrogens with zero attached hydrogens (tertiary/aromatic N) is 1. The molecule has 6 nitrogen and oxygen atoms in total. The first-order valence-electron chi connectivity index (χ1n) is 5.81. The Balaban J connectivity index is 2.07. The molecule has 0 saturated heterocycles. The van der Waals surface area contributed by atoms with Crippen molar-refractivity contribution in [2.24, 2.45) is 0 Å². The molecule has 0 spiro atoms. The van der Waals surface area contributed by atoms with Gasteiger partial charge in [0.15, 0.2) is 0 Å². The summed E-state index contributed by atoms with van der Waals surface area (Å²) in [5, 5.41) is 8.88. The Hall–Kier alpha value is -1.29. The monoisotopic (exact) mass is 390 g/mol. The smallest absolute Gasteiger partial charge is 0.345 e. The van der Waals surface area contributed by atoms with Gasteiger partial charge in [0.1, 0.15) is 9.77 Å². The number of aromatic carboxylic acids is 1. The van der Waals surface area contributed by atoms with Crippen LogP contribution < -0.4 is 4.72 Å². The van der Waals surface area contributed by atoms with Crippen LogP contribution in [-0.2, 0) is 16.4 Å². The predicted octanol–water partition coefficient (Wildman–Crippen LogP) is 2.12. The summed E-state index contributed by atoms with van der Waals surface area (Å²) < 4.78 is 27.0. The second-order valence-corrected chi connectivity index (χ2v) is 8.17. The van der Waals surface area contributed by atoms with Crippen molar-refractivity contribution < 1.29 is 18.3 Å². The fourth-order valence-electron chi connectivity index (χ4n) is 1.59. The van der Waals surface area contributed by atoms with E-state index in [1.165, 1.54) is 0 Å². The zero-order chi connectivity index (χ0) is 15.5. The van der Waals surface area contributed by atoms with Gasteiger partial charge in [-0.15, -0.1) is 11.3 Å². The van der Waals surface area contributed by atoms with Crippen molar-refractivity contribution in [3.05, 3.63) is 44.8 Å². The van der Waals surface area contributed by atoms with Crippen molar-refractivity contribution in [3.63, 3.8) is 0 Å². The van der Waals surface area contributed by atoms with Crippen LogP contribution in [0, 0.1) is 0 Å². The molecular formula is C12H11BrN2O4S2. The minimum atomic E-state index is -3.74. The molecule has 0 unspecified atom stereocenters. The number of aromatic nitrogens is 1. The van der Waals surface area contributed by atoms with Gasteiger partial charge in [0, 0.05) is 18.9 Å². The van der Waals surface area contributed by atoms with E-state index < -0.39 is 16.0 Å². The molecule has 0 aliphatic carbocycles. The van der Waals surface area contributed by atoms with E-state index >= 15 is 0 Å². The number of rotatable bonds is 6. The largest absolute Gasteiger partial charge is 0.477 e. The van der Waals surface area contributed by atoms with Crippen molar-refractivity contribution in [2.75, 3.05) is 6.54 Å². The third-order valence-corrected chi connectivity index (χ3v) is 6.29. The number of sulfonamides is 1. The fraction of sp³-hybridized carbons (Fsp3) is 0.167. The van der Waals surface area contributed by atoms with Gasteiger partial charge in [-0.05, 0) is 40.0 Å². The van der Waals surface area contributed by atoms with Gasteiger partial charge >= 0.3 is 5.97 Å². The van der Waals surface area contributed by atoms with E-state index in [2.05, 4.69) is 25.6 Å².